The molecule has 8 heteroatoms. The number of benzene rings is 2. The Kier molecular flexibility index (Phi) is 6.17. The lowest BCUT2D eigenvalue weighted by Gasteiger charge is -2.19. The Hall–Kier alpha value is -4.07. The molecule has 0 fully saturated rings. The van der Waals surface area contributed by atoms with Crippen molar-refractivity contribution in [2.24, 2.45) is 0 Å². The van der Waals surface area contributed by atoms with Crippen molar-refractivity contribution in [1.29, 1.82) is 0 Å². The maximum atomic E-state index is 13.5. The molecule has 2 heterocycles. The van der Waals surface area contributed by atoms with Crippen molar-refractivity contribution in [1.82, 2.24) is 20.4 Å². The summed E-state index contributed by atoms with van der Waals surface area (Å²) in [4.78, 5) is 32.3. The minimum atomic E-state index is -0.563. The number of hydrogen-bond acceptors (Lipinski definition) is 5. The molecule has 0 unspecified atom stereocenters. The predicted molar refractivity (Wildman–Crippen MR) is 121 cm³/mol. The first-order chi connectivity index (χ1) is 15.8. The number of nitrogens with zero attached hydrogens (tertiary/aromatic N) is 2. The smallest absolute Gasteiger partial charge is 0.257 e. The molecule has 0 aliphatic carbocycles. The molecule has 168 valence electrons. The molecule has 2 aromatic heterocycles. The number of aryl methyl sites for hydroxylation is 3. The molecular weight excluding hydrogens is 423 g/mol. The van der Waals surface area contributed by atoms with Crippen LogP contribution in [0.3, 0.4) is 0 Å². The molecule has 0 bridgehead atoms. The first-order valence-corrected chi connectivity index (χ1v) is 10.5. The summed E-state index contributed by atoms with van der Waals surface area (Å²) in [5, 5.41) is 7.08. The van der Waals surface area contributed by atoms with Gasteiger partial charge in [0.15, 0.2) is 0 Å². The van der Waals surface area contributed by atoms with Crippen molar-refractivity contribution in [3.05, 3.63) is 105 Å². The van der Waals surface area contributed by atoms with Gasteiger partial charge in [-0.3, -0.25) is 9.59 Å². The minimum absolute atomic E-state index is 0.242. The number of carbonyl (C=O) groups excluding carboxylic acids is 1. The summed E-state index contributed by atoms with van der Waals surface area (Å²) < 4.78 is 18.9. The van der Waals surface area contributed by atoms with E-state index in [4.69, 9.17) is 4.52 Å². The molecule has 1 atom stereocenters. The Labute approximate surface area is 189 Å². The van der Waals surface area contributed by atoms with Crippen LogP contribution in [-0.2, 0) is 6.42 Å². The third-order valence-electron chi connectivity index (χ3n) is 5.32. The van der Waals surface area contributed by atoms with E-state index >= 15 is 0 Å². The lowest BCUT2D eigenvalue weighted by atomic mass is 9.99. The molecule has 0 radical (unpaired) electrons. The molecule has 7 nitrogen and oxygen atoms in total. The fraction of sp³-hybridized carbons (Fsp3) is 0.200. The van der Waals surface area contributed by atoms with Gasteiger partial charge in [-0.05, 0) is 38.5 Å². The van der Waals surface area contributed by atoms with Crippen molar-refractivity contribution in [2.45, 2.75) is 33.2 Å². The number of aromatic amines is 1. The summed E-state index contributed by atoms with van der Waals surface area (Å²) in [5.41, 5.74) is 3.50. The molecule has 2 N–H and O–H groups in total. The van der Waals surface area contributed by atoms with Crippen molar-refractivity contribution >= 4 is 5.91 Å². The van der Waals surface area contributed by atoms with Crippen LogP contribution in [0.4, 0.5) is 4.39 Å². The summed E-state index contributed by atoms with van der Waals surface area (Å²) in [6.45, 7) is 5.34. The van der Waals surface area contributed by atoms with Gasteiger partial charge in [-0.25, -0.2) is 9.37 Å². The van der Waals surface area contributed by atoms with Gasteiger partial charge in [-0.15, -0.1) is 0 Å². The van der Waals surface area contributed by atoms with Crippen LogP contribution in [0.1, 0.15) is 44.8 Å². The highest BCUT2D eigenvalue weighted by Crippen LogP contribution is 2.27. The van der Waals surface area contributed by atoms with E-state index in [2.05, 4.69) is 20.4 Å². The standard InChI is InChI=1S/C25H23FN4O3/c1-14-4-6-18(7-5-14)24-23(15(2)33-30-24)25(32)29-21(17-8-10-19(26)11-9-17)12-20-13-22(31)28-16(3)27-20/h4-11,13,21H,12H2,1-3H3,(H,29,32)(H,27,28,31)/t21-/m0/s1. The highest BCUT2D eigenvalue weighted by molar-refractivity contribution is 6.01. The average molecular weight is 446 g/mol. The van der Waals surface area contributed by atoms with E-state index in [1.165, 1.54) is 18.2 Å². The van der Waals surface area contributed by atoms with Gasteiger partial charge >= 0.3 is 0 Å². The Balaban J connectivity index is 1.68. The van der Waals surface area contributed by atoms with Gasteiger partial charge in [0, 0.05) is 18.1 Å². The van der Waals surface area contributed by atoms with E-state index in [1.54, 1.807) is 26.0 Å². The second-order valence-corrected chi connectivity index (χ2v) is 7.93. The Morgan fingerprint density at radius 1 is 1.09 bits per heavy atom. The van der Waals surface area contributed by atoms with Crippen LogP contribution in [-0.4, -0.2) is 21.0 Å². The fourth-order valence-corrected chi connectivity index (χ4v) is 3.68. The zero-order valence-electron chi connectivity index (χ0n) is 18.5. The van der Waals surface area contributed by atoms with Crippen LogP contribution < -0.4 is 10.9 Å². The Morgan fingerprint density at radius 3 is 2.45 bits per heavy atom. The number of amides is 1. The fourth-order valence-electron chi connectivity index (χ4n) is 3.68. The summed E-state index contributed by atoms with van der Waals surface area (Å²) in [7, 11) is 0. The molecule has 0 spiro atoms. The number of aromatic nitrogens is 3. The molecule has 1 amide bonds. The van der Waals surface area contributed by atoms with E-state index in [9.17, 15) is 14.0 Å². The SMILES string of the molecule is Cc1ccc(-c2noc(C)c2C(=O)N[C@@H](Cc2cc(=O)[nH]c(C)n2)c2ccc(F)cc2)cc1. The summed E-state index contributed by atoms with van der Waals surface area (Å²) >= 11 is 0. The second-order valence-electron chi connectivity index (χ2n) is 7.93. The maximum absolute atomic E-state index is 13.5. The minimum Gasteiger partial charge on any atom is -0.360 e. The molecule has 0 aliphatic rings. The average Bonchev–Trinajstić information content (AvgIpc) is 3.15. The number of hydrogen-bond donors (Lipinski definition) is 2. The van der Waals surface area contributed by atoms with Crippen LogP contribution in [0.25, 0.3) is 11.3 Å². The molecule has 0 saturated heterocycles. The normalized spacial score (nSPS) is 11.9. The van der Waals surface area contributed by atoms with Gasteiger partial charge in [-0.2, -0.15) is 0 Å². The molecule has 4 rings (SSSR count). The number of rotatable bonds is 6. The summed E-state index contributed by atoms with van der Waals surface area (Å²) in [6, 6.07) is 14.3. The second kappa shape index (κ2) is 9.20. The van der Waals surface area contributed by atoms with Crippen LogP contribution in [0.15, 0.2) is 63.9 Å². The molecular formula is C25H23FN4O3. The van der Waals surface area contributed by atoms with Crippen molar-refractivity contribution in [3.63, 3.8) is 0 Å². The lowest BCUT2D eigenvalue weighted by molar-refractivity contribution is 0.0935. The molecule has 2 aromatic carbocycles. The third-order valence-corrected chi connectivity index (χ3v) is 5.32. The van der Waals surface area contributed by atoms with Gasteiger partial charge in [0.25, 0.3) is 11.5 Å². The zero-order chi connectivity index (χ0) is 23.5. The van der Waals surface area contributed by atoms with Crippen molar-refractivity contribution < 1.29 is 13.7 Å². The first-order valence-electron chi connectivity index (χ1n) is 10.5. The number of halogens is 1. The van der Waals surface area contributed by atoms with Crippen molar-refractivity contribution in [2.75, 3.05) is 0 Å². The topological polar surface area (TPSA) is 101 Å². The maximum Gasteiger partial charge on any atom is 0.257 e. The van der Waals surface area contributed by atoms with E-state index in [1.807, 2.05) is 31.2 Å². The largest absolute Gasteiger partial charge is 0.360 e. The number of H-pyrrole nitrogens is 1. The van der Waals surface area contributed by atoms with E-state index in [0.717, 1.165) is 11.1 Å². The van der Waals surface area contributed by atoms with Crippen LogP contribution in [0, 0.1) is 26.6 Å². The Bertz CT molecular complexity index is 1340. The quantitative estimate of drug-likeness (QED) is 0.462. The van der Waals surface area contributed by atoms with Gasteiger partial charge in [0.1, 0.15) is 28.7 Å². The number of carbonyl (C=O) groups is 1. The van der Waals surface area contributed by atoms with Crippen LogP contribution in [0.5, 0.6) is 0 Å². The van der Waals surface area contributed by atoms with Crippen LogP contribution in [0.2, 0.25) is 0 Å². The lowest BCUT2D eigenvalue weighted by Crippen LogP contribution is -2.31. The molecule has 0 saturated carbocycles. The molecule has 0 aliphatic heterocycles. The molecule has 4 aromatic rings. The molecule has 33 heavy (non-hydrogen) atoms. The predicted octanol–water partition coefficient (Wildman–Crippen LogP) is 4.20. The highest BCUT2D eigenvalue weighted by atomic mass is 19.1. The van der Waals surface area contributed by atoms with Gasteiger partial charge < -0.3 is 14.8 Å². The monoisotopic (exact) mass is 446 g/mol. The van der Waals surface area contributed by atoms with E-state index in [0.29, 0.717) is 34.1 Å². The zero-order valence-corrected chi connectivity index (χ0v) is 18.5. The van der Waals surface area contributed by atoms with Gasteiger partial charge in [-0.1, -0.05) is 47.1 Å². The van der Waals surface area contributed by atoms with E-state index < -0.39 is 6.04 Å². The summed E-state index contributed by atoms with van der Waals surface area (Å²) in [5.74, 6) is 0.0787. The van der Waals surface area contributed by atoms with E-state index in [-0.39, 0.29) is 23.7 Å². The number of nitrogens with one attached hydrogen (secondary N) is 2. The third kappa shape index (κ3) is 5.06. The van der Waals surface area contributed by atoms with Gasteiger partial charge in [0.05, 0.1) is 11.7 Å². The van der Waals surface area contributed by atoms with Gasteiger partial charge in [0.2, 0.25) is 0 Å². The van der Waals surface area contributed by atoms with Crippen LogP contribution >= 0.6 is 0 Å². The van der Waals surface area contributed by atoms with Crippen molar-refractivity contribution in [3.8, 4) is 11.3 Å². The Morgan fingerprint density at radius 2 is 1.79 bits per heavy atom. The summed E-state index contributed by atoms with van der Waals surface area (Å²) in [6.07, 6.45) is 0.242. The first kappa shape index (κ1) is 22.1. The highest BCUT2D eigenvalue weighted by Gasteiger charge is 2.25.